The van der Waals surface area contributed by atoms with E-state index >= 15 is 0 Å². The van der Waals surface area contributed by atoms with Crippen LogP contribution in [0, 0.1) is 0 Å². The number of unbranched alkanes of at least 4 members (excludes halogenated alkanes) is 4. The van der Waals surface area contributed by atoms with Crippen LogP contribution in [0.15, 0.2) is 166 Å². The number of alkyl halides is 4. The molecule has 23 heteroatoms. The summed E-state index contributed by atoms with van der Waals surface area (Å²) in [6, 6.07) is 46.9. The number of amides is 2. The molecule has 4 aliphatic rings. The van der Waals surface area contributed by atoms with Crippen LogP contribution in [0.5, 0.6) is 23.0 Å². The largest absolute Gasteiger partial charge is 0.508 e. The first kappa shape index (κ1) is 78.7. The number of benzene rings is 6. The van der Waals surface area contributed by atoms with Crippen LogP contribution in [0.1, 0.15) is 85.7 Å². The molecule has 2 fully saturated rings. The average molecular weight is 1550 g/mol. The van der Waals surface area contributed by atoms with Crippen LogP contribution in [0.4, 0.5) is 22.7 Å². The van der Waals surface area contributed by atoms with Gasteiger partial charge in [0.15, 0.2) is 0 Å². The van der Waals surface area contributed by atoms with E-state index in [0.29, 0.717) is 44.4 Å². The third-order valence-electron chi connectivity index (χ3n) is 16.7. The SMILES string of the molecule is C.Cl.ClCCCCBr.O=C1CCc2ccc(O)cc2N1.O=C1CCc2ccc(OCCCCCl)cc2N1.O=c1ccc2ccc(OCCCCCl)cc2[nH]1.O=c1ccc2ccc(OCCCCN3CCN(c4cccc5sccc45)CC3)cc2[nH]1.[2H][2H].c1cc(N2CCNCC2)c2ccsc2c1. The van der Waals surface area contributed by atoms with Crippen LogP contribution < -0.4 is 51.1 Å². The first-order valence-electron chi connectivity index (χ1n) is 34.8. The van der Waals surface area contributed by atoms with Gasteiger partial charge < -0.3 is 55.0 Å². The van der Waals surface area contributed by atoms with E-state index in [1.165, 1.54) is 49.6 Å². The minimum Gasteiger partial charge on any atom is -0.508 e. The summed E-state index contributed by atoms with van der Waals surface area (Å²) in [5.74, 6) is 4.81. The van der Waals surface area contributed by atoms with Crippen molar-refractivity contribution < 1.29 is 31.9 Å². The van der Waals surface area contributed by atoms with Gasteiger partial charge in [-0.2, -0.15) is 0 Å². The van der Waals surface area contributed by atoms with Crippen LogP contribution in [0.3, 0.4) is 0 Å². The Hall–Kier alpha value is -7.04. The van der Waals surface area contributed by atoms with Gasteiger partial charge in [-0.15, -0.1) is 69.9 Å². The number of aryl methyl sites for hydroxylation is 2. The fraction of sp³-hybridized carbons (Fsp3) is 0.377. The van der Waals surface area contributed by atoms with Gasteiger partial charge in [0, 0.05) is 170 Å². The number of nitrogens with zero attached hydrogens (tertiary/aromatic N) is 3. The van der Waals surface area contributed by atoms with Crippen molar-refractivity contribution in [2.75, 3.05) is 122 Å². The maximum atomic E-state index is 11.5. The molecule has 0 aliphatic carbocycles. The second-order valence-electron chi connectivity index (χ2n) is 23.8. The molecule has 0 spiro atoms. The van der Waals surface area contributed by atoms with Gasteiger partial charge in [0.05, 0.1) is 30.9 Å². The number of phenols is 1. The van der Waals surface area contributed by atoms with Crippen molar-refractivity contribution in [2.45, 2.75) is 84.5 Å². The predicted molar refractivity (Wildman–Crippen MR) is 430 cm³/mol. The Balaban J connectivity index is 0.000000202. The number of nitrogens with one attached hydrogen (secondary N) is 5. The second kappa shape index (κ2) is 43.7. The number of aromatic nitrogens is 2. The van der Waals surface area contributed by atoms with Gasteiger partial charge >= 0.3 is 0 Å². The van der Waals surface area contributed by atoms with Crippen LogP contribution in [-0.4, -0.2) is 133 Å². The summed E-state index contributed by atoms with van der Waals surface area (Å²) in [5.41, 5.74) is 8.10. The number of phenolic OH excluding ortho intramolecular Hbond substituents is 1. The quantitative estimate of drug-likeness (QED) is 0.0295. The van der Waals surface area contributed by atoms with Crippen LogP contribution in [-0.2, 0) is 22.4 Å². The number of fused-ring (bicyclic) bond motifs is 6. The zero-order chi connectivity index (χ0) is 70.7. The van der Waals surface area contributed by atoms with Crippen molar-refractivity contribution in [2.24, 2.45) is 0 Å². The summed E-state index contributed by atoms with van der Waals surface area (Å²) in [6.07, 6.45) is 11.0. The number of hydrogen-bond donors (Lipinski definition) is 6. The lowest BCUT2D eigenvalue weighted by Crippen LogP contribution is -2.46. The molecule has 14 rings (SSSR count). The molecule has 2 amide bonds. The molecule has 8 heterocycles. The molecule has 4 aliphatic heterocycles. The highest BCUT2D eigenvalue weighted by Crippen LogP contribution is 2.33. The third-order valence-corrected chi connectivity index (χ3v) is 19.9. The molecule has 10 aromatic rings. The number of piperazine rings is 2. The number of carbonyl (C=O) groups is 2. The van der Waals surface area contributed by atoms with Crippen molar-refractivity contribution in [3.05, 3.63) is 188 Å². The van der Waals surface area contributed by atoms with Crippen LogP contribution >= 0.6 is 85.8 Å². The summed E-state index contributed by atoms with van der Waals surface area (Å²) >= 11 is 23.5. The Morgan fingerprint density at radius 1 is 0.500 bits per heavy atom. The highest BCUT2D eigenvalue weighted by atomic mass is 79.9. The molecule has 4 aromatic heterocycles. The maximum absolute atomic E-state index is 11.5. The molecule has 0 unspecified atom stereocenters. The summed E-state index contributed by atoms with van der Waals surface area (Å²) in [7, 11) is 0. The van der Waals surface area contributed by atoms with E-state index in [4.69, 9.17) is 57.1 Å². The summed E-state index contributed by atoms with van der Waals surface area (Å²) in [5, 5.41) is 28.3. The monoisotopic (exact) mass is 1540 g/mol. The first-order chi connectivity index (χ1) is 49.0. The Bertz CT molecular complexity index is 4250. The summed E-state index contributed by atoms with van der Waals surface area (Å²) in [4.78, 5) is 58.1. The van der Waals surface area contributed by atoms with E-state index in [1.54, 1.807) is 24.3 Å². The van der Waals surface area contributed by atoms with Gasteiger partial charge in [0.1, 0.15) is 23.0 Å². The highest BCUT2D eigenvalue weighted by Gasteiger charge is 2.20. The minimum atomic E-state index is -0.100. The topological polar surface area (TPSA) is 194 Å². The molecule has 2 saturated heterocycles. The van der Waals surface area contributed by atoms with E-state index in [-0.39, 0.29) is 48.5 Å². The Morgan fingerprint density at radius 2 is 0.950 bits per heavy atom. The standard InChI is InChI=1S/C25H27N3O2S.C13H16ClNO2.C13H14ClNO2.C12H14N2S.C9H9NO2.C4H8BrCl.CH4.ClH.H2/c29-25-9-7-19-6-8-20(18-22(19)26-25)30-16-2-1-11-27-12-14-28(15-13-27)23-4-3-5-24-21(23)10-17-31-24;2*14-7-1-2-8-17-11-5-3-10-4-6-13(16)15-12(10)9-11;1-2-11(14-7-5-13-6-8-14)10-4-9-15-12(10)3-1;11-7-3-1-6-2-4-9(12)10-8(6)5-7;5-3-1-2-4-6;;;/h3-10,17-18H,1-2,11-16H2,(H,26,29);3,5,9H,1-2,4,6-8H2,(H,15,16);3-6,9H,1-2,7-8H2,(H,15,16);1-4,9,13H,5-8H2;1,3,5,11H,2,4H2,(H,10,12);1-4H2;1H4;2*1H/i;;;;;;;;1+1D. The number of aromatic amines is 2. The average Bonchev–Trinajstić information content (AvgIpc) is 1.62. The number of thiophene rings is 2. The van der Waals surface area contributed by atoms with Gasteiger partial charge in [-0.05, 0) is 188 Å². The molecular formula is C77H95BrCl4N8O8S2. The first-order valence-corrected chi connectivity index (χ1v) is 38.2. The third kappa shape index (κ3) is 25.5. The molecule has 0 atom stereocenters. The van der Waals surface area contributed by atoms with Crippen LogP contribution in [0.2, 0.25) is 0 Å². The van der Waals surface area contributed by atoms with E-state index < -0.39 is 0 Å². The summed E-state index contributed by atoms with van der Waals surface area (Å²) in [6.45, 7) is 12.0. The number of ether oxygens (including phenoxy) is 3. The van der Waals surface area contributed by atoms with Crippen LogP contribution in [0.25, 0.3) is 42.0 Å². The van der Waals surface area contributed by atoms with Gasteiger partial charge in [0.2, 0.25) is 22.9 Å². The molecule has 0 saturated carbocycles. The molecule has 6 N–H and O–H groups in total. The van der Waals surface area contributed by atoms with Gasteiger partial charge in [-0.1, -0.05) is 47.6 Å². The fourth-order valence-corrected chi connectivity index (χ4v) is 14.0. The van der Waals surface area contributed by atoms with Crippen molar-refractivity contribution in [1.82, 2.24) is 20.2 Å². The lowest BCUT2D eigenvalue weighted by atomic mass is 10.0. The van der Waals surface area contributed by atoms with Gasteiger partial charge in [-0.3, -0.25) is 24.1 Å². The number of pyridine rings is 2. The number of halogens is 5. The summed E-state index contributed by atoms with van der Waals surface area (Å²) < 4.78 is 29.8. The van der Waals surface area contributed by atoms with E-state index in [1.807, 2.05) is 89.4 Å². The molecule has 538 valence electrons. The molecule has 6 aromatic carbocycles. The Labute approximate surface area is 627 Å². The zero-order valence-electron chi connectivity index (χ0n) is 57.7. The molecule has 16 nitrogen and oxygen atoms in total. The lowest BCUT2D eigenvalue weighted by Gasteiger charge is -2.36. The Morgan fingerprint density at radius 3 is 1.45 bits per heavy atom. The van der Waals surface area contributed by atoms with Gasteiger partial charge in [0.25, 0.3) is 0 Å². The smallest absolute Gasteiger partial charge is 0.248 e. The van der Waals surface area contributed by atoms with Crippen molar-refractivity contribution >= 4 is 162 Å². The van der Waals surface area contributed by atoms with Crippen molar-refractivity contribution in [3.8, 4) is 23.0 Å². The number of rotatable bonds is 21. The van der Waals surface area contributed by atoms with E-state index in [9.17, 15) is 19.2 Å². The number of H-pyrrole nitrogens is 2. The molecule has 0 radical (unpaired) electrons. The van der Waals surface area contributed by atoms with E-state index in [0.717, 1.165) is 184 Å². The Kier molecular flexibility index (Phi) is 34.4. The fourth-order valence-electron chi connectivity index (χ4n) is 11.5. The number of aromatic hydroxyl groups is 1. The highest BCUT2D eigenvalue weighted by molar-refractivity contribution is 9.09. The normalized spacial score (nSPS) is 13.9. The molecule has 100 heavy (non-hydrogen) atoms. The number of anilines is 4. The zero-order valence-corrected chi connectivity index (χ0v) is 62.0. The second-order valence-corrected chi connectivity index (χ2v) is 27.6. The molecule has 0 bridgehead atoms. The number of carbonyl (C=O) groups excluding carboxylic acids is 2. The molecular weight excluding hydrogens is 1450 g/mol. The number of hydrogen-bond acceptors (Lipinski definition) is 14. The lowest BCUT2D eigenvalue weighted by molar-refractivity contribution is -0.117. The van der Waals surface area contributed by atoms with E-state index in [2.05, 4.69) is 116 Å². The predicted octanol–water partition coefficient (Wildman–Crippen LogP) is 17.9. The van der Waals surface area contributed by atoms with Gasteiger partial charge in [-0.25, -0.2) is 0 Å². The van der Waals surface area contributed by atoms with Crippen molar-refractivity contribution in [1.29, 1.82) is 0 Å². The minimum absolute atomic E-state index is 0. The maximum Gasteiger partial charge on any atom is 0.248 e. The van der Waals surface area contributed by atoms with Crippen molar-refractivity contribution in [3.63, 3.8) is 0 Å².